The summed E-state index contributed by atoms with van der Waals surface area (Å²) in [6.45, 7) is 8.65. The summed E-state index contributed by atoms with van der Waals surface area (Å²) in [5.74, 6) is 0.121. The van der Waals surface area contributed by atoms with Gasteiger partial charge in [0.2, 0.25) is 5.91 Å². The minimum Gasteiger partial charge on any atom is -0.356 e. The van der Waals surface area contributed by atoms with Gasteiger partial charge in [0, 0.05) is 13.0 Å². The van der Waals surface area contributed by atoms with Crippen molar-refractivity contribution in [2.75, 3.05) is 26.2 Å². The van der Waals surface area contributed by atoms with Gasteiger partial charge in [0.25, 0.3) is 0 Å². The van der Waals surface area contributed by atoms with Crippen LogP contribution < -0.4 is 10.2 Å². The topological polar surface area (TPSA) is 33.5 Å². The third kappa shape index (κ3) is 5.82. The average Bonchev–Trinajstić information content (AvgIpc) is 2.40. The molecule has 0 saturated carbocycles. The summed E-state index contributed by atoms with van der Waals surface area (Å²) in [5, 5.41) is 2.98. The fourth-order valence-corrected chi connectivity index (χ4v) is 2.01. The summed E-state index contributed by atoms with van der Waals surface area (Å²) in [6, 6.07) is 9.87. The van der Waals surface area contributed by atoms with E-state index < -0.39 is 0 Å². The summed E-state index contributed by atoms with van der Waals surface area (Å²) in [5.41, 5.74) is 1.07. The van der Waals surface area contributed by atoms with E-state index in [0.717, 1.165) is 38.2 Å². The van der Waals surface area contributed by atoms with Crippen LogP contribution in [0.15, 0.2) is 30.3 Å². The van der Waals surface area contributed by atoms with Crippen molar-refractivity contribution >= 4 is 5.91 Å². The molecule has 18 heavy (non-hydrogen) atoms. The Hall–Kier alpha value is -1.35. The summed E-state index contributed by atoms with van der Waals surface area (Å²) in [4.78, 5) is 13.3. The number of quaternary nitrogens is 1. The smallest absolute Gasteiger partial charge is 0.224 e. The first kappa shape index (κ1) is 14.7. The maximum atomic E-state index is 11.7. The van der Waals surface area contributed by atoms with E-state index in [1.807, 2.05) is 30.3 Å². The Morgan fingerprint density at radius 1 is 1.17 bits per heavy atom. The second-order valence-electron chi connectivity index (χ2n) is 4.57. The van der Waals surface area contributed by atoms with Crippen LogP contribution in [0.1, 0.15) is 25.8 Å². The molecule has 100 valence electrons. The highest BCUT2D eigenvalue weighted by Crippen LogP contribution is 1.98. The fourth-order valence-electron chi connectivity index (χ4n) is 2.01. The van der Waals surface area contributed by atoms with Gasteiger partial charge in [0.15, 0.2) is 0 Å². The third-order valence-corrected chi connectivity index (χ3v) is 3.24. The molecule has 1 aromatic carbocycles. The molecule has 0 bridgehead atoms. The molecule has 0 heterocycles. The Bertz CT molecular complexity index is 334. The van der Waals surface area contributed by atoms with Crippen molar-refractivity contribution in [2.24, 2.45) is 0 Å². The van der Waals surface area contributed by atoms with Gasteiger partial charge in [-0.15, -0.1) is 0 Å². The first-order chi connectivity index (χ1) is 8.76. The maximum Gasteiger partial charge on any atom is 0.224 e. The van der Waals surface area contributed by atoms with Gasteiger partial charge in [-0.3, -0.25) is 4.79 Å². The monoisotopic (exact) mass is 249 g/mol. The molecule has 3 nitrogen and oxygen atoms in total. The molecule has 0 fully saturated rings. The van der Waals surface area contributed by atoms with E-state index >= 15 is 0 Å². The standard InChI is InChI=1S/C15H24N2O/c1-3-17(4-2)12-8-11-16-15(18)13-14-9-6-5-7-10-14/h5-7,9-10H,3-4,8,11-13H2,1-2H3,(H,16,18)/p+1. The van der Waals surface area contributed by atoms with Gasteiger partial charge in [0.1, 0.15) is 0 Å². The molecule has 3 heteroatoms. The normalized spacial score (nSPS) is 10.6. The number of amides is 1. The summed E-state index contributed by atoms with van der Waals surface area (Å²) < 4.78 is 0. The highest BCUT2D eigenvalue weighted by molar-refractivity contribution is 5.78. The van der Waals surface area contributed by atoms with Crippen LogP contribution in [0.2, 0.25) is 0 Å². The van der Waals surface area contributed by atoms with E-state index in [0.29, 0.717) is 6.42 Å². The minimum absolute atomic E-state index is 0.121. The average molecular weight is 249 g/mol. The SMILES string of the molecule is CC[NH+](CC)CCCNC(=O)Cc1ccccc1. The zero-order valence-electron chi connectivity index (χ0n) is 11.5. The third-order valence-electron chi connectivity index (χ3n) is 3.24. The molecule has 1 amide bonds. The van der Waals surface area contributed by atoms with Gasteiger partial charge in [-0.25, -0.2) is 0 Å². The van der Waals surface area contributed by atoms with E-state index in [9.17, 15) is 4.79 Å². The Labute approximate surface area is 110 Å². The van der Waals surface area contributed by atoms with Crippen LogP contribution in [0.5, 0.6) is 0 Å². The molecule has 0 atom stereocenters. The Kier molecular flexibility index (Phi) is 7.11. The molecule has 0 saturated heterocycles. The quantitative estimate of drug-likeness (QED) is 0.652. The van der Waals surface area contributed by atoms with Crippen LogP contribution in [0.4, 0.5) is 0 Å². The van der Waals surface area contributed by atoms with E-state index in [1.54, 1.807) is 4.90 Å². The van der Waals surface area contributed by atoms with E-state index in [-0.39, 0.29) is 5.91 Å². The number of benzene rings is 1. The van der Waals surface area contributed by atoms with Crippen LogP contribution in [0, 0.1) is 0 Å². The van der Waals surface area contributed by atoms with Crippen molar-refractivity contribution in [2.45, 2.75) is 26.7 Å². The number of nitrogens with one attached hydrogen (secondary N) is 2. The Morgan fingerprint density at radius 2 is 1.83 bits per heavy atom. The lowest BCUT2D eigenvalue weighted by Gasteiger charge is -2.15. The molecule has 2 N–H and O–H groups in total. The minimum atomic E-state index is 0.121. The lowest BCUT2D eigenvalue weighted by molar-refractivity contribution is -0.896. The number of rotatable bonds is 8. The summed E-state index contributed by atoms with van der Waals surface area (Å²) in [7, 11) is 0. The molecule has 0 aliphatic carbocycles. The predicted octanol–water partition coefficient (Wildman–Crippen LogP) is 0.660. The van der Waals surface area contributed by atoms with Gasteiger partial charge >= 0.3 is 0 Å². The highest BCUT2D eigenvalue weighted by Gasteiger charge is 2.04. The first-order valence-corrected chi connectivity index (χ1v) is 6.90. The van der Waals surface area contributed by atoms with E-state index in [4.69, 9.17) is 0 Å². The van der Waals surface area contributed by atoms with Gasteiger partial charge in [-0.1, -0.05) is 30.3 Å². The first-order valence-electron chi connectivity index (χ1n) is 6.90. The molecule has 0 aliphatic rings. The molecule has 0 spiro atoms. The van der Waals surface area contributed by atoms with Crippen molar-refractivity contribution < 1.29 is 9.69 Å². The van der Waals surface area contributed by atoms with Crippen molar-refractivity contribution in [1.29, 1.82) is 0 Å². The fraction of sp³-hybridized carbons (Fsp3) is 0.533. The largest absolute Gasteiger partial charge is 0.356 e. The molecule has 1 rings (SSSR count). The zero-order chi connectivity index (χ0) is 13.2. The highest BCUT2D eigenvalue weighted by atomic mass is 16.1. The van der Waals surface area contributed by atoms with Crippen molar-refractivity contribution in [3.8, 4) is 0 Å². The predicted molar refractivity (Wildman–Crippen MR) is 74.7 cm³/mol. The van der Waals surface area contributed by atoms with Gasteiger partial charge in [-0.05, 0) is 19.4 Å². The Morgan fingerprint density at radius 3 is 2.44 bits per heavy atom. The van der Waals surface area contributed by atoms with Crippen molar-refractivity contribution in [3.63, 3.8) is 0 Å². The van der Waals surface area contributed by atoms with Gasteiger partial charge in [-0.2, -0.15) is 0 Å². The van der Waals surface area contributed by atoms with Crippen LogP contribution in [0.3, 0.4) is 0 Å². The molecular formula is C15H25N2O+. The second-order valence-corrected chi connectivity index (χ2v) is 4.57. The Balaban J connectivity index is 2.14. The second kappa shape index (κ2) is 8.70. The lowest BCUT2D eigenvalue weighted by atomic mass is 10.1. The van der Waals surface area contributed by atoms with E-state index in [2.05, 4.69) is 19.2 Å². The number of hydrogen-bond donors (Lipinski definition) is 2. The number of hydrogen-bond acceptors (Lipinski definition) is 1. The molecule has 0 radical (unpaired) electrons. The molecule has 0 aromatic heterocycles. The molecule has 1 aromatic rings. The van der Waals surface area contributed by atoms with Gasteiger partial charge < -0.3 is 10.2 Å². The summed E-state index contributed by atoms with van der Waals surface area (Å²) >= 11 is 0. The van der Waals surface area contributed by atoms with E-state index in [1.165, 1.54) is 0 Å². The molecule has 0 unspecified atom stereocenters. The van der Waals surface area contributed by atoms with Crippen LogP contribution in [-0.4, -0.2) is 32.1 Å². The molecule has 0 aliphatic heterocycles. The summed E-state index contributed by atoms with van der Waals surface area (Å²) in [6.07, 6.45) is 1.54. The van der Waals surface area contributed by atoms with Crippen LogP contribution in [0.25, 0.3) is 0 Å². The van der Waals surface area contributed by atoms with Crippen LogP contribution in [-0.2, 0) is 11.2 Å². The zero-order valence-corrected chi connectivity index (χ0v) is 11.5. The van der Waals surface area contributed by atoms with Crippen LogP contribution >= 0.6 is 0 Å². The lowest BCUT2D eigenvalue weighted by Crippen LogP contribution is -3.11. The van der Waals surface area contributed by atoms with Gasteiger partial charge in [0.05, 0.1) is 26.1 Å². The van der Waals surface area contributed by atoms with Crippen molar-refractivity contribution in [3.05, 3.63) is 35.9 Å². The molecular weight excluding hydrogens is 224 g/mol. The number of carbonyl (C=O) groups excluding carboxylic acids is 1. The maximum absolute atomic E-state index is 11.7. The van der Waals surface area contributed by atoms with Crippen molar-refractivity contribution in [1.82, 2.24) is 5.32 Å². The number of carbonyl (C=O) groups is 1.